The fraction of sp³-hybridized carbons (Fsp3) is 0.133. The van der Waals surface area contributed by atoms with Crippen molar-refractivity contribution in [2.24, 2.45) is 0 Å². The molecule has 6 heteroatoms. The van der Waals surface area contributed by atoms with Crippen molar-refractivity contribution in [3.05, 3.63) is 58.6 Å². The maximum absolute atomic E-state index is 13.2. The lowest BCUT2D eigenvalue weighted by atomic mass is 10.2. The van der Waals surface area contributed by atoms with Gasteiger partial charge in [-0.3, -0.25) is 0 Å². The second kappa shape index (κ2) is 5.31. The number of halogens is 1. The highest BCUT2D eigenvalue weighted by atomic mass is 32.1. The molecule has 2 heterocycles. The third-order valence-corrected chi connectivity index (χ3v) is 4.22. The standard InChI is InChI=1S/C15H11FO4S/c1-19-15(18)11-4-3-10(20-11)14(17)13-7-8-6-9(16)2-5-12(8)21-13/h2-7,14,17H,1H3. The van der Waals surface area contributed by atoms with Gasteiger partial charge in [0.1, 0.15) is 17.7 Å². The summed E-state index contributed by atoms with van der Waals surface area (Å²) in [5.74, 6) is -0.666. The summed E-state index contributed by atoms with van der Waals surface area (Å²) >= 11 is 1.34. The van der Waals surface area contributed by atoms with E-state index in [9.17, 15) is 14.3 Å². The average Bonchev–Trinajstić information content (AvgIpc) is 3.11. The molecule has 0 bridgehead atoms. The lowest BCUT2D eigenvalue weighted by Gasteiger charge is -2.04. The quantitative estimate of drug-likeness (QED) is 0.752. The summed E-state index contributed by atoms with van der Waals surface area (Å²) in [7, 11) is 1.25. The van der Waals surface area contributed by atoms with Crippen molar-refractivity contribution in [3.63, 3.8) is 0 Å². The van der Waals surface area contributed by atoms with Crippen LogP contribution >= 0.6 is 11.3 Å². The monoisotopic (exact) mass is 306 g/mol. The largest absolute Gasteiger partial charge is 0.463 e. The Bertz CT molecular complexity index is 805. The molecule has 21 heavy (non-hydrogen) atoms. The molecule has 0 saturated heterocycles. The van der Waals surface area contributed by atoms with E-state index >= 15 is 0 Å². The van der Waals surface area contributed by atoms with E-state index in [-0.39, 0.29) is 17.3 Å². The summed E-state index contributed by atoms with van der Waals surface area (Å²) in [6.07, 6.45) is -1.01. The summed E-state index contributed by atoms with van der Waals surface area (Å²) < 4.78 is 23.9. The Morgan fingerprint density at radius 3 is 2.90 bits per heavy atom. The van der Waals surface area contributed by atoms with Gasteiger partial charge < -0.3 is 14.3 Å². The van der Waals surface area contributed by atoms with Gasteiger partial charge in [-0.05, 0) is 41.8 Å². The number of esters is 1. The molecule has 108 valence electrons. The smallest absolute Gasteiger partial charge is 0.373 e. The number of rotatable bonds is 3. The van der Waals surface area contributed by atoms with Gasteiger partial charge in [-0.25, -0.2) is 9.18 Å². The van der Waals surface area contributed by atoms with E-state index in [2.05, 4.69) is 4.74 Å². The van der Waals surface area contributed by atoms with Gasteiger partial charge in [0, 0.05) is 9.58 Å². The number of ether oxygens (including phenoxy) is 1. The fourth-order valence-corrected chi connectivity index (χ4v) is 3.06. The van der Waals surface area contributed by atoms with Crippen molar-refractivity contribution in [2.45, 2.75) is 6.10 Å². The molecule has 4 nitrogen and oxygen atoms in total. The molecule has 1 aromatic carbocycles. The van der Waals surface area contributed by atoms with Crippen LogP contribution in [0.25, 0.3) is 10.1 Å². The Morgan fingerprint density at radius 2 is 2.14 bits per heavy atom. The summed E-state index contributed by atoms with van der Waals surface area (Å²) in [5, 5.41) is 11.0. The van der Waals surface area contributed by atoms with Crippen LogP contribution in [0, 0.1) is 5.82 Å². The zero-order chi connectivity index (χ0) is 15.0. The zero-order valence-corrected chi connectivity index (χ0v) is 11.8. The van der Waals surface area contributed by atoms with E-state index in [1.165, 1.54) is 42.7 Å². The van der Waals surface area contributed by atoms with Gasteiger partial charge in [0.15, 0.2) is 0 Å². The number of hydrogen-bond acceptors (Lipinski definition) is 5. The molecule has 0 aliphatic rings. The molecule has 0 aliphatic carbocycles. The van der Waals surface area contributed by atoms with E-state index < -0.39 is 12.1 Å². The van der Waals surface area contributed by atoms with Crippen molar-refractivity contribution in [1.29, 1.82) is 0 Å². The predicted molar refractivity (Wildman–Crippen MR) is 75.9 cm³/mol. The minimum atomic E-state index is -1.01. The Morgan fingerprint density at radius 1 is 1.33 bits per heavy atom. The minimum Gasteiger partial charge on any atom is -0.463 e. The zero-order valence-electron chi connectivity index (χ0n) is 11.0. The van der Waals surface area contributed by atoms with E-state index in [4.69, 9.17) is 4.42 Å². The van der Waals surface area contributed by atoms with E-state index in [0.717, 1.165) is 4.70 Å². The number of fused-ring (bicyclic) bond motifs is 1. The first kappa shape index (κ1) is 13.8. The maximum atomic E-state index is 13.2. The van der Waals surface area contributed by atoms with Crippen molar-refractivity contribution in [2.75, 3.05) is 7.11 Å². The van der Waals surface area contributed by atoms with E-state index in [0.29, 0.717) is 10.3 Å². The molecule has 1 unspecified atom stereocenters. The highest BCUT2D eigenvalue weighted by molar-refractivity contribution is 7.19. The summed E-state index contributed by atoms with van der Waals surface area (Å²) in [6.45, 7) is 0. The Hall–Kier alpha value is -2.18. The SMILES string of the molecule is COC(=O)c1ccc(C(O)c2cc3cc(F)ccc3s2)o1. The van der Waals surface area contributed by atoms with Crippen LogP contribution in [0.15, 0.2) is 40.8 Å². The van der Waals surface area contributed by atoms with E-state index in [1.807, 2.05) is 0 Å². The molecular formula is C15H11FO4S. The summed E-state index contributed by atoms with van der Waals surface area (Å²) in [6, 6.07) is 9.10. The lowest BCUT2D eigenvalue weighted by molar-refractivity contribution is 0.0558. The number of benzene rings is 1. The third kappa shape index (κ3) is 2.55. The first-order chi connectivity index (χ1) is 10.1. The Kier molecular flexibility index (Phi) is 3.48. The molecule has 0 amide bonds. The number of methoxy groups -OCH3 is 1. The van der Waals surface area contributed by atoms with Gasteiger partial charge in [-0.15, -0.1) is 11.3 Å². The van der Waals surface area contributed by atoms with Crippen molar-refractivity contribution < 1.29 is 23.4 Å². The molecule has 3 aromatic rings. The molecule has 0 fully saturated rings. The third-order valence-electron chi connectivity index (χ3n) is 3.05. The van der Waals surface area contributed by atoms with Gasteiger partial charge >= 0.3 is 5.97 Å². The highest BCUT2D eigenvalue weighted by Crippen LogP contribution is 2.34. The molecule has 0 saturated carbocycles. The number of hydrogen-bond donors (Lipinski definition) is 1. The normalized spacial score (nSPS) is 12.5. The molecule has 1 N–H and O–H groups in total. The van der Waals surface area contributed by atoms with Crippen LogP contribution in [0.1, 0.15) is 27.3 Å². The van der Waals surface area contributed by atoms with Gasteiger partial charge in [0.25, 0.3) is 0 Å². The molecule has 3 rings (SSSR count). The van der Waals surface area contributed by atoms with Crippen LogP contribution in [0.2, 0.25) is 0 Å². The van der Waals surface area contributed by atoms with Gasteiger partial charge in [-0.2, -0.15) is 0 Å². The van der Waals surface area contributed by atoms with Crippen molar-refractivity contribution in [1.82, 2.24) is 0 Å². The molecule has 1 atom stereocenters. The lowest BCUT2D eigenvalue weighted by Crippen LogP contribution is -1.99. The molecule has 0 spiro atoms. The van der Waals surface area contributed by atoms with Crippen LogP contribution in [0.4, 0.5) is 4.39 Å². The topological polar surface area (TPSA) is 59.7 Å². The number of aliphatic hydroxyl groups is 1. The van der Waals surface area contributed by atoms with Gasteiger partial charge in [-0.1, -0.05) is 0 Å². The minimum absolute atomic E-state index is 0.0266. The predicted octanol–water partition coefficient (Wildman–Crippen LogP) is 3.50. The van der Waals surface area contributed by atoms with Crippen molar-refractivity contribution in [3.8, 4) is 0 Å². The Balaban J connectivity index is 1.94. The fourth-order valence-electron chi connectivity index (χ4n) is 2.02. The highest BCUT2D eigenvalue weighted by Gasteiger charge is 2.20. The average molecular weight is 306 g/mol. The number of aliphatic hydroxyl groups excluding tert-OH is 1. The Labute approximate surface area is 123 Å². The molecule has 0 aliphatic heterocycles. The van der Waals surface area contributed by atoms with Crippen LogP contribution in [0.5, 0.6) is 0 Å². The first-order valence-electron chi connectivity index (χ1n) is 6.13. The molecule has 2 aromatic heterocycles. The summed E-state index contributed by atoms with van der Waals surface area (Å²) in [4.78, 5) is 11.9. The van der Waals surface area contributed by atoms with Crippen molar-refractivity contribution >= 4 is 27.4 Å². The molecular weight excluding hydrogens is 295 g/mol. The van der Waals surface area contributed by atoms with Crippen LogP contribution in [0.3, 0.4) is 0 Å². The van der Waals surface area contributed by atoms with Gasteiger partial charge in [0.05, 0.1) is 7.11 Å². The number of thiophene rings is 1. The van der Waals surface area contributed by atoms with E-state index in [1.54, 1.807) is 12.1 Å². The maximum Gasteiger partial charge on any atom is 0.373 e. The van der Waals surface area contributed by atoms with Crippen LogP contribution in [-0.2, 0) is 4.74 Å². The number of furan rings is 1. The number of carbonyl (C=O) groups excluding carboxylic acids is 1. The van der Waals surface area contributed by atoms with Crippen LogP contribution in [-0.4, -0.2) is 18.2 Å². The second-order valence-corrected chi connectivity index (χ2v) is 5.54. The number of carbonyl (C=O) groups is 1. The van der Waals surface area contributed by atoms with Crippen LogP contribution < -0.4 is 0 Å². The summed E-state index contributed by atoms with van der Waals surface area (Å²) in [5.41, 5.74) is 0. The second-order valence-electron chi connectivity index (χ2n) is 4.43. The first-order valence-corrected chi connectivity index (χ1v) is 6.95. The molecule has 0 radical (unpaired) electrons. The van der Waals surface area contributed by atoms with Gasteiger partial charge in [0.2, 0.25) is 5.76 Å².